The monoisotopic (exact) mass is 313 g/mol. The van der Waals surface area contributed by atoms with Crippen LogP contribution in [0.2, 0.25) is 0 Å². The lowest BCUT2D eigenvalue weighted by Crippen LogP contribution is -2.27. The van der Waals surface area contributed by atoms with Gasteiger partial charge in [0.25, 0.3) is 0 Å². The number of hydrogen-bond acceptors (Lipinski definition) is 2. The number of carbonyl (C=O) groups is 1. The summed E-state index contributed by atoms with van der Waals surface area (Å²) in [4.78, 5) is 11.8. The lowest BCUT2D eigenvalue weighted by molar-refractivity contribution is -0.120. The zero-order chi connectivity index (χ0) is 15.8. The molecule has 0 radical (unpaired) electrons. The Morgan fingerprint density at radius 1 is 0.909 bits per heavy atom. The van der Waals surface area contributed by atoms with E-state index in [9.17, 15) is 4.79 Å². The minimum Gasteiger partial charge on any atom is -0.355 e. The summed E-state index contributed by atoms with van der Waals surface area (Å²) in [6.45, 7) is 4.87. The van der Waals surface area contributed by atoms with Crippen molar-refractivity contribution in [1.29, 1.82) is 0 Å². The van der Waals surface area contributed by atoms with Crippen LogP contribution in [0.3, 0.4) is 0 Å². The minimum absolute atomic E-state index is 0.0970. The van der Waals surface area contributed by atoms with E-state index >= 15 is 0 Å². The number of rotatable bonds is 7. The molecule has 0 fully saturated rings. The summed E-state index contributed by atoms with van der Waals surface area (Å²) >= 11 is 1.85. The van der Waals surface area contributed by atoms with Gasteiger partial charge in [0.1, 0.15) is 0 Å². The highest BCUT2D eigenvalue weighted by Crippen LogP contribution is 2.12. The van der Waals surface area contributed by atoms with Gasteiger partial charge in [0, 0.05) is 18.1 Å². The van der Waals surface area contributed by atoms with Crippen molar-refractivity contribution in [3.8, 4) is 0 Å². The molecule has 2 aromatic carbocycles. The molecule has 2 rings (SSSR count). The molecule has 116 valence electrons. The first-order valence-electron chi connectivity index (χ1n) is 7.59. The molecule has 0 heterocycles. The van der Waals surface area contributed by atoms with E-state index < -0.39 is 0 Å². The number of aryl methyl sites for hydroxylation is 2. The van der Waals surface area contributed by atoms with Gasteiger partial charge >= 0.3 is 0 Å². The van der Waals surface area contributed by atoms with Crippen molar-refractivity contribution in [3.05, 3.63) is 70.8 Å². The molecule has 22 heavy (non-hydrogen) atoms. The number of thioether (sulfide) groups is 1. The Morgan fingerprint density at radius 2 is 1.45 bits per heavy atom. The lowest BCUT2D eigenvalue weighted by atomic mass is 10.1. The van der Waals surface area contributed by atoms with Crippen LogP contribution in [0.25, 0.3) is 0 Å². The van der Waals surface area contributed by atoms with E-state index in [1.807, 2.05) is 36.0 Å². The zero-order valence-electron chi connectivity index (χ0n) is 13.3. The van der Waals surface area contributed by atoms with Crippen molar-refractivity contribution >= 4 is 17.7 Å². The Labute approximate surface area is 137 Å². The van der Waals surface area contributed by atoms with E-state index in [-0.39, 0.29) is 5.91 Å². The van der Waals surface area contributed by atoms with E-state index in [0.29, 0.717) is 6.42 Å². The Morgan fingerprint density at radius 3 is 2.05 bits per heavy atom. The van der Waals surface area contributed by atoms with Crippen molar-refractivity contribution in [1.82, 2.24) is 5.32 Å². The van der Waals surface area contributed by atoms with Gasteiger partial charge < -0.3 is 5.32 Å². The molecule has 0 aliphatic carbocycles. The molecule has 0 aliphatic rings. The maximum Gasteiger partial charge on any atom is 0.224 e. The van der Waals surface area contributed by atoms with E-state index in [4.69, 9.17) is 0 Å². The van der Waals surface area contributed by atoms with Crippen LogP contribution in [-0.4, -0.2) is 18.2 Å². The second-order valence-electron chi connectivity index (χ2n) is 5.55. The predicted octanol–water partition coefficient (Wildman–Crippen LogP) is 3.90. The summed E-state index contributed by atoms with van der Waals surface area (Å²) in [6, 6.07) is 16.7. The van der Waals surface area contributed by atoms with Crippen molar-refractivity contribution in [2.75, 3.05) is 12.3 Å². The quantitative estimate of drug-likeness (QED) is 0.786. The van der Waals surface area contributed by atoms with E-state index in [2.05, 4.69) is 43.4 Å². The average molecular weight is 313 g/mol. The molecular formula is C19H23NOS. The third kappa shape index (κ3) is 5.94. The topological polar surface area (TPSA) is 29.1 Å². The van der Waals surface area contributed by atoms with Gasteiger partial charge in [-0.2, -0.15) is 11.8 Å². The first-order valence-corrected chi connectivity index (χ1v) is 8.74. The molecular weight excluding hydrogens is 290 g/mol. The summed E-state index contributed by atoms with van der Waals surface area (Å²) in [5.41, 5.74) is 4.91. The zero-order valence-corrected chi connectivity index (χ0v) is 14.1. The fourth-order valence-electron chi connectivity index (χ4n) is 2.09. The number of nitrogens with one attached hydrogen (secondary N) is 1. The Kier molecular flexibility index (Phi) is 6.53. The van der Waals surface area contributed by atoms with Gasteiger partial charge in [-0.15, -0.1) is 0 Å². The number of amides is 1. The molecule has 0 spiro atoms. The number of carbonyl (C=O) groups excluding carboxylic acids is 1. The molecule has 0 atom stereocenters. The Hall–Kier alpha value is -1.74. The maximum atomic E-state index is 11.8. The van der Waals surface area contributed by atoms with Gasteiger partial charge in [-0.3, -0.25) is 4.79 Å². The van der Waals surface area contributed by atoms with Crippen LogP contribution in [-0.2, 0) is 17.0 Å². The van der Waals surface area contributed by atoms with Gasteiger partial charge in [0.05, 0.1) is 6.42 Å². The van der Waals surface area contributed by atoms with Gasteiger partial charge in [-0.05, 0) is 25.0 Å². The summed E-state index contributed by atoms with van der Waals surface area (Å²) in [7, 11) is 0. The molecule has 3 heteroatoms. The van der Waals surface area contributed by atoms with Gasteiger partial charge in [0.2, 0.25) is 5.91 Å². The number of benzene rings is 2. The Bertz CT molecular complexity index is 590. The van der Waals surface area contributed by atoms with E-state index in [1.165, 1.54) is 16.7 Å². The van der Waals surface area contributed by atoms with Crippen LogP contribution >= 0.6 is 11.8 Å². The Balaban J connectivity index is 1.61. The normalized spacial score (nSPS) is 10.5. The summed E-state index contributed by atoms with van der Waals surface area (Å²) in [5.74, 6) is 2.03. The van der Waals surface area contributed by atoms with Crippen LogP contribution in [0.5, 0.6) is 0 Å². The average Bonchev–Trinajstić information content (AvgIpc) is 2.51. The standard InChI is InChI=1S/C19H23NOS/c1-15-3-7-17(8-4-15)13-19(21)20-11-12-22-14-18-9-5-16(2)6-10-18/h3-10H,11-14H2,1-2H3,(H,20,21). The third-order valence-electron chi connectivity index (χ3n) is 3.44. The maximum absolute atomic E-state index is 11.8. The lowest BCUT2D eigenvalue weighted by Gasteiger charge is -2.06. The molecule has 0 aromatic heterocycles. The summed E-state index contributed by atoms with van der Waals surface area (Å²) < 4.78 is 0. The summed E-state index contributed by atoms with van der Waals surface area (Å²) in [6.07, 6.45) is 0.461. The molecule has 1 N–H and O–H groups in total. The smallest absolute Gasteiger partial charge is 0.224 e. The fourth-order valence-corrected chi connectivity index (χ4v) is 2.91. The van der Waals surface area contributed by atoms with Crippen molar-refractivity contribution in [3.63, 3.8) is 0 Å². The molecule has 2 nitrogen and oxygen atoms in total. The van der Waals surface area contributed by atoms with Gasteiger partial charge in [0.15, 0.2) is 0 Å². The van der Waals surface area contributed by atoms with Crippen molar-refractivity contribution < 1.29 is 4.79 Å². The second-order valence-corrected chi connectivity index (χ2v) is 6.66. The fraction of sp³-hybridized carbons (Fsp3) is 0.316. The minimum atomic E-state index is 0.0970. The van der Waals surface area contributed by atoms with Crippen molar-refractivity contribution in [2.24, 2.45) is 0 Å². The van der Waals surface area contributed by atoms with Crippen LogP contribution in [0.4, 0.5) is 0 Å². The highest BCUT2D eigenvalue weighted by atomic mass is 32.2. The van der Waals surface area contributed by atoms with Crippen molar-refractivity contribution in [2.45, 2.75) is 26.0 Å². The van der Waals surface area contributed by atoms with Crippen LogP contribution < -0.4 is 5.32 Å². The van der Waals surface area contributed by atoms with E-state index in [1.54, 1.807) is 0 Å². The van der Waals surface area contributed by atoms with Crippen LogP contribution in [0, 0.1) is 13.8 Å². The van der Waals surface area contributed by atoms with Gasteiger partial charge in [-0.1, -0.05) is 59.7 Å². The molecule has 0 saturated heterocycles. The molecule has 1 amide bonds. The molecule has 0 saturated carbocycles. The molecule has 0 bridgehead atoms. The first-order chi connectivity index (χ1) is 10.6. The van der Waals surface area contributed by atoms with E-state index in [0.717, 1.165) is 23.6 Å². The summed E-state index contributed by atoms with van der Waals surface area (Å²) in [5, 5.41) is 2.98. The second kappa shape index (κ2) is 8.64. The van der Waals surface area contributed by atoms with Gasteiger partial charge in [-0.25, -0.2) is 0 Å². The highest BCUT2D eigenvalue weighted by molar-refractivity contribution is 7.98. The molecule has 0 unspecified atom stereocenters. The SMILES string of the molecule is Cc1ccc(CSCCNC(=O)Cc2ccc(C)cc2)cc1. The molecule has 2 aromatic rings. The molecule has 0 aliphatic heterocycles. The first kappa shape index (κ1) is 16.6. The number of hydrogen-bond donors (Lipinski definition) is 1. The van der Waals surface area contributed by atoms with Crippen LogP contribution in [0.1, 0.15) is 22.3 Å². The van der Waals surface area contributed by atoms with Crippen LogP contribution in [0.15, 0.2) is 48.5 Å². The third-order valence-corrected chi connectivity index (χ3v) is 4.47. The largest absolute Gasteiger partial charge is 0.355 e. The predicted molar refractivity (Wildman–Crippen MR) is 95.2 cm³/mol. The highest BCUT2D eigenvalue weighted by Gasteiger charge is 2.02.